The van der Waals surface area contributed by atoms with Gasteiger partial charge >= 0.3 is 5.97 Å². The molecule has 5 rings (SSSR count). The molecule has 1 fully saturated rings. The Kier molecular flexibility index (Phi) is 6.96. The van der Waals surface area contributed by atoms with Crippen LogP contribution in [0.4, 0.5) is 5.69 Å². The van der Waals surface area contributed by atoms with Gasteiger partial charge in [-0.1, -0.05) is 36.4 Å². The minimum atomic E-state index is -0.429. The zero-order valence-corrected chi connectivity index (χ0v) is 20.8. The van der Waals surface area contributed by atoms with Crippen molar-refractivity contribution in [3.63, 3.8) is 0 Å². The van der Waals surface area contributed by atoms with Gasteiger partial charge in [0.1, 0.15) is 24.1 Å². The van der Waals surface area contributed by atoms with Crippen molar-refractivity contribution in [2.24, 2.45) is 0 Å². The van der Waals surface area contributed by atoms with Crippen LogP contribution in [0.1, 0.15) is 33.9 Å². The first-order valence-electron chi connectivity index (χ1n) is 11.6. The maximum atomic E-state index is 13.0. The predicted octanol–water partition coefficient (Wildman–Crippen LogP) is 4.74. The molecule has 0 spiro atoms. The Hall–Kier alpha value is -4.50. The quantitative estimate of drug-likeness (QED) is 0.271. The number of anilines is 1. The number of benzene rings is 2. The topological polar surface area (TPSA) is 96.7 Å². The van der Waals surface area contributed by atoms with Crippen LogP contribution in [0.3, 0.4) is 0 Å². The number of carbonyl (C=O) groups is 2. The number of ether oxygens (including phenoxy) is 1. The van der Waals surface area contributed by atoms with Crippen molar-refractivity contribution in [2.45, 2.75) is 12.1 Å². The molecule has 0 bridgehead atoms. The fraction of sp³-hybridized carbons (Fsp3) is 0.143. The number of thiocarbonyl (C=S) groups is 1. The number of carbonyl (C=O) groups excluding carboxylic acids is 2. The average molecular weight is 513 g/mol. The summed E-state index contributed by atoms with van der Waals surface area (Å²) in [5.74, 6) is 0.547. The van der Waals surface area contributed by atoms with Gasteiger partial charge in [0.2, 0.25) is 5.91 Å². The molecule has 2 aromatic carbocycles. The van der Waals surface area contributed by atoms with Crippen LogP contribution in [0, 0.1) is 0 Å². The van der Waals surface area contributed by atoms with E-state index in [9.17, 15) is 9.59 Å². The zero-order chi connectivity index (χ0) is 25.8. The van der Waals surface area contributed by atoms with Crippen LogP contribution in [0.2, 0.25) is 0 Å². The van der Waals surface area contributed by atoms with Crippen LogP contribution in [-0.4, -0.2) is 40.5 Å². The van der Waals surface area contributed by atoms with Crippen LogP contribution in [0.25, 0.3) is 11.3 Å². The first-order chi connectivity index (χ1) is 18.0. The summed E-state index contributed by atoms with van der Waals surface area (Å²) in [7, 11) is 1.34. The molecule has 0 aliphatic carbocycles. The van der Waals surface area contributed by atoms with Gasteiger partial charge in [0.25, 0.3) is 0 Å². The average Bonchev–Trinajstić information content (AvgIpc) is 3.54. The summed E-state index contributed by atoms with van der Waals surface area (Å²) in [6, 6.07) is 24.9. The lowest BCUT2D eigenvalue weighted by atomic mass is 10.0. The molecular weight excluding hydrogens is 488 g/mol. The molecule has 1 aliphatic rings. The van der Waals surface area contributed by atoms with Crippen molar-refractivity contribution in [1.29, 1.82) is 0 Å². The Bertz CT molecular complexity index is 1420. The number of furan rings is 1. The van der Waals surface area contributed by atoms with E-state index in [4.69, 9.17) is 21.4 Å². The molecule has 1 aliphatic heterocycles. The maximum absolute atomic E-state index is 13.0. The van der Waals surface area contributed by atoms with Crippen LogP contribution >= 0.6 is 12.2 Å². The summed E-state index contributed by atoms with van der Waals surface area (Å²) in [4.78, 5) is 31.3. The van der Waals surface area contributed by atoms with Gasteiger partial charge in [0.15, 0.2) is 5.11 Å². The van der Waals surface area contributed by atoms with Gasteiger partial charge in [-0.25, -0.2) is 4.79 Å². The second kappa shape index (κ2) is 10.6. The molecule has 2 atom stereocenters. The first kappa shape index (κ1) is 24.2. The van der Waals surface area contributed by atoms with Crippen molar-refractivity contribution in [3.05, 3.63) is 108 Å². The van der Waals surface area contributed by atoms with E-state index in [0.29, 0.717) is 27.9 Å². The van der Waals surface area contributed by atoms with Gasteiger partial charge in [-0.15, -0.1) is 0 Å². The number of hydrogen-bond acceptors (Lipinski definition) is 6. The lowest BCUT2D eigenvalue weighted by Crippen LogP contribution is -2.36. The Balaban J connectivity index is 1.46. The molecule has 0 unspecified atom stereocenters. The summed E-state index contributed by atoms with van der Waals surface area (Å²) in [6.45, 7) is 0.0165. The largest absolute Gasteiger partial charge is 0.465 e. The van der Waals surface area contributed by atoms with Crippen LogP contribution in [0.5, 0.6) is 0 Å². The van der Waals surface area contributed by atoms with E-state index in [1.165, 1.54) is 7.11 Å². The van der Waals surface area contributed by atoms with E-state index in [2.05, 4.69) is 15.6 Å². The van der Waals surface area contributed by atoms with Gasteiger partial charge in [0, 0.05) is 17.4 Å². The number of hydrogen-bond donors (Lipinski definition) is 2. The highest BCUT2D eigenvalue weighted by Crippen LogP contribution is 2.40. The Morgan fingerprint density at radius 3 is 2.62 bits per heavy atom. The molecule has 0 radical (unpaired) electrons. The number of nitrogens with zero attached hydrogens (tertiary/aromatic N) is 2. The highest BCUT2D eigenvalue weighted by Gasteiger charge is 2.42. The molecule has 186 valence electrons. The second-order valence-corrected chi connectivity index (χ2v) is 8.83. The zero-order valence-electron chi connectivity index (χ0n) is 20.0. The molecule has 9 heteroatoms. The van der Waals surface area contributed by atoms with Crippen molar-refractivity contribution >= 4 is 34.9 Å². The number of pyridine rings is 1. The lowest BCUT2D eigenvalue weighted by Gasteiger charge is -2.25. The number of amides is 1. The van der Waals surface area contributed by atoms with Crippen molar-refractivity contribution in [1.82, 2.24) is 15.2 Å². The number of methoxy groups -OCH3 is 1. The summed E-state index contributed by atoms with van der Waals surface area (Å²) in [5, 5.41) is 6.65. The van der Waals surface area contributed by atoms with Crippen molar-refractivity contribution in [2.75, 3.05) is 19.0 Å². The fourth-order valence-electron chi connectivity index (χ4n) is 4.35. The summed E-state index contributed by atoms with van der Waals surface area (Å²) in [6.07, 6.45) is 1.72. The predicted molar refractivity (Wildman–Crippen MR) is 143 cm³/mol. The smallest absolute Gasteiger partial charge is 0.337 e. The fourth-order valence-corrected chi connectivity index (χ4v) is 4.65. The third-order valence-electron chi connectivity index (χ3n) is 6.06. The molecule has 37 heavy (non-hydrogen) atoms. The van der Waals surface area contributed by atoms with Crippen molar-refractivity contribution in [3.8, 4) is 11.3 Å². The molecule has 8 nitrogen and oxygen atoms in total. The Labute approximate surface area is 219 Å². The van der Waals surface area contributed by atoms with Crippen molar-refractivity contribution < 1.29 is 18.7 Å². The third-order valence-corrected chi connectivity index (χ3v) is 6.41. The Morgan fingerprint density at radius 1 is 1.05 bits per heavy atom. The highest BCUT2D eigenvalue weighted by molar-refractivity contribution is 7.80. The molecule has 3 heterocycles. The molecule has 0 saturated carbocycles. The maximum Gasteiger partial charge on any atom is 0.337 e. The van der Waals surface area contributed by atoms with E-state index in [-0.39, 0.29) is 18.5 Å². The standard InChI is InChI=1S/C28H24N4O4S/c1-35-27(34)19-9-7-8-18(16-19)22-13-14-23(36-22)26-25(21-12-5-6-15-29-21)31-28(37)32(26)17-24(33)30-20-10-3-2-4-11-20/h2-16,25-26H,17H2,1H3,(H,30,33)(H,31,37)/t25-,26+/m1/s1. The normalized spacial score (nSPS) is 16.8. The number of rotatable bonds is 7. The minimum Gasteiger partial charge on any atom is -0.465 e. The number of nitrogens with one attached hydrogen (secondary N) is 2. The SMILES string of the molecule is COC(=O)c1cccc(-c2ccc([C@H]3[C@@H](c4ccccn4)NC(=S)N3CC(=O)Nc3ccccc3)o2)c1. The number of aromatic nitrogens is 1. The monoisotopic (exact) mass is 512 g/mol. The summed E-state index contributed by atoms with van der Waals surface area (Å²) >= 11 is 5.65. The Morgan fingerprint density at radius 2 is 1.86 bits per heavy atom. The van der Waals surface area contributed by atoms with Gasteiger partial charge in [-0.05, 0) is 60.7 Å². The number of para-hydroxylation sites is 1. The molecule has 1 saturated heterocycles. The van der Waals surface area contributed by atoms with E-state index >= 15 is 0 Å². The third kappa shape index (κ3) is 5.22. The highest BCUT2D eigenvalue weighted by atomic mass is 32.1. The molecule has 2 aromatic heterocycles. The van der Waals surface area contributed by atoms with Gasteiger partial charge in [-0.3, -0.25) is 9.78 Å². The van der Waals surface area contributed by atoms with Crippen LogP contribution in [-0.2, 0) is 9.53 Å². The summed E-state index contributed by atoms with van der Waals surface area (Å²) in [5.41, 5.74) is 2.62. The molecule has 1 amide bonds. The number of esters is 1. The van der Waals surface area contributed by atoms with E-state index in [0.717, 1.165) is 11.3 Å². The molecule has 2 N–H and O–H groups in total. The van der Waals surface area contributed by atoms with Crippen LogP contribution in [0.15, 0.2) is 95.5 Å². The van der Waals surface area contributed by atoms with E-state index in [1.54, 1.807) is 29.3 Å². The van der Waals surface area contributed by atoms with E-state index < -0.39 is 12.0 Å². The minimum absolute atomic E-state index is 0.0165. The second-order valence-electron chi connectivity index (χ2n) is 8.44. The van der Waals surface area contributed by atoms with E-state index in [1.807, 2.05) is 66.7 Å². The van der Waals surface area contributed by atoms with Gasteiger partial charge < -0.3 is 24.7 Å². The summed E-state index contributed by atoms with van der Waals surface area (Å²) < 4.78 is 11.1. The lowest BCUT2D eigenvalue weighted by molar-refractivity contribution is -0.116. The van der Waals surface area contributed by atoms with Crippen LogP contribution < -0.4 is 10.6 Å². The van der Waals surface area contributed by atoms with Gasteiger partial charge in [-0.2, -0.15) is 0 Å². The molecular formula is C28H24N4O4S. The van der Waals surface area contributed by atoms with Gasteiger partial charge in [0.05, 0.1) is 24.4 Å². The molecule has 4 aromatic rings. The first-order valence-corrected chi connectivity index (χ1v) is 12.1.